The van der Waals surface area contributed by atoms with E-state index in [9.17, 15) is 14.7 Å². The average Bonchev–Trinajstić information content (AvgIpc) is 2.75. The molecule has 0 aliphatic rings. The van der Waals surface area contributed by atoms with Gasteiger partial charge in [0.1, 0.15) is 0 Å². The van der Waals surface area contributed by atoms with Crippen molar-refractivity contribution in [1.82, 2.24) is 5.32 Å². The second kappa shape index (κ2) is 6.16. The van der Waals surface area contributed by atoms with E-state index in [1.165, 1.54) is 11.3 Å². The molecule has 0 aliphatic heterocycles. The molecular formula is C13H19NO4S. The van der Waals surface area contributed by atoms with Gasteiger partial charge in [0.15, 0.2) is 6.04 Å². The van der Waals surface area contributed by atoms with Gasteiger partial charge in [0.25, 0.3) is 5.91 Å². The summed E-state index contributed by atoms with van der Waals surface area (Å²) in [6.45, 7) is 7.15. The van der Waals surface area contributed by atoms with Crippen molar-refractivity contribution in [2.24, 2.45) is 0 Å². The monoisotopic (exact) mass is 285 g/mol. The van der Waals surface area contributed by atoms with Crippen molar-refractivity contribution in [2.45, 2.75) is 45.4 Å². The van der Waals surface area contributed by atoms with E-state index in [1.807, 2.05) is 20.8 Å². The first-order chi connectivity index (χ1) is 8.70. The van der Waals surface area contributed by atoms with Crippen molar-refractivity contribution in [3.63, 3.8) is 0 Å². The van der Waals surface area contributed by atoms with Gasteiger partial charge in [-0.05, 0) is 39.1 Å². The van der Waals surface area contributed by atoms with Gasteiger partial charge < -0.3 is 15.2 Å². The van der Waals surface area contributed by atoms with E-state index in [0.29, 0.717) is 5.56 Å². The Morgan fingerprint density at radius 3 is 2.47 bits per heavy atom. The topological polar surface area (TPSA) is 75.6 Å². The lowest BCUT2D eigenvalue weighted by Gasteiger charge is -2.29. The smallest absolute Gasteiger partial charge is 0.328 e. The molecule has 6 heteroatoms. The number of amides is 1. The molecule has 0 aromatic carbocycles. The molecule has 0 bridgehead atoms. The third kappa shape index (κ3) is 5.00. The van der Waals surface area contributed by atoms with E-state index in [-0.39, 0.29) is 0 Å². The Morgan fingerprint density at radius 1 is 1.42 bits per heavy atom. The third-order valence-electron chi connectivity index (χ3n) is 2.34. The molecular weight excluding hydrogens is 266 g/mol. The first-order valence-electron chi connectivity index (χ1n) is 5.94. The number of nitrogens with one attached hydrogen (secondary N) is 1. The largest absolute Gasteiger partial charge is 0.480 e. The fraction of sp³-hybridized carbons (Fsp3) is 0.538. The van der Waals surface area contributed by atoms with Gasteiger partial charge in [-0.15, -0.1) is 0 Å². The van der Waals surface area contributed by atoms with Gasteiger partial charge in [0.05, 0.1) is 17.3 Å². The number of aliphatic carboxylic acids is 1. The van der Waals surface area contributed by atoms with Crippen LogP contribution >= 0.6 is 11.3 Å². The second-order valence-electron chi connectivity index (χ2n) is 5.24. The van der Waals surface area contributed by atoms with Crippen molar-refractivity contribution >= 4 is 23.2 Å². The fourth-order valence-corrected chi connectivity index (χ4v) is 2.26. The summed E-state index contributed by atoms with van der Waals surface area (Å²) in [4.78, 5) is 23.1. The number of carbonyl (C=O) groups excluding carboxylic acids is 1. The van der Waals surface area contributed by atoms with Crippen LogP contribution in [0.25, 0.3) is 0 Å². The molecule has 0 aliphatic carbocycles. The molecule has 0 spiro atoms. The zero-order valence-corrected chi connectivity index (χ0v) is 12.3. The zero-order chi connectivity index (χ0) is 14.6. The van der Waals surface area contributed by atoms with Gasteiger partial charge >= 0.3 is 5.97 Å². The van der Waals surface area contributed by atoms with Crippen molar-refractivity contribution in [1.29, 1.82) is 0 Å². The third-order valence-corrected chi connectivity index (χ3v) is 3.03. The van der Waals surface area contributed by atoms with Crippen LogP contribution in [0.15, 0.2) is 16.8 Å². The molecule has 5 nitrogen and oxygen atoms in total. The van der Waals surface area contributed by atoms with Gasteiger partial charge in [-0.25, -0.2) is 4.79 Å². The van der Waals surface area contributed by atoms with Gasteiger partial charge in [0.2, 0.25) is 0 Å². The molecule has 1 rings (SSSR count). The van der Waals surface area contributed by atoms with Crippen LogP contribution in [-0.4, -0.2) is 34.7 Å². The normalized spacial score (nSPS) is 14.7. The molecule has 0 radical (unpaired) electrons. The van der Waals surface area contributed by atoms with Crippen molar-refractivity contribution in [3.8, 4) is 0 Å². The average molecular weight is 285 g/mol. The predicted molar refractivity (Wildman–Crippen MR) is 73.5 cm³/mol. The summed E-state index contributed by atoms with van der Waals surface area (Å²) in [5.41, 5.74) is -0.0144. The second-order valence-corrected chi connectivity index (χ2v) is 6.02. The Bertz CT molecular complexity index is 436. The number of hydrogen-bond acceptors (Lipinski definition) is 4. The molecule has 1 amide bonds. The van der Waals surface area contributed by atoms with Crippen molar-refractivity contribution < 1.29 is 19.4 Å². The molecule has 1 aromatic heterocycles. The molecule has 0 unspecified atom stereocenters. The maximum atomic E-state index is 11.9. The molecule has 106 valence electrons. The summed E-state index contributed by atoms with van der Waals surface area (Å²) >= 11 is 1.38. The number of thiophene rings is 1. The summed E-state index contributed by atoms with van der Waals surface area (Å²) in [5, 5.41) is 15.1. The molecule has 19 heavy (non-hydrogen) atoms. The number of carbonyl (C=O) groups is 2. The summed E-state index contributed by atoms with van der Waals surface area (Å²) in [7, 11) is 0. The van der Waals surface area contributed by atoms with Gasteiger partial charge in [-0.1, -0.05) is 0 Å². The Labute approximate surface area is 116 Å². The summed E-state index contributed by atoms with van der Waals surface area (Å²) < 4.78 is 5.59. The van der Waals surface area contributed by atoms with Gasteiger partial charge in [-0.2, -0.15) is 11.3 Å². The minimum absolute atomic E-state index is 0.405. The first kappa shape index (κ1) is 15.7. The fourth-order valence-electron chi connectivity index (χ4n) is 1.62. The maximum Gasteiger partial charge on any atom is 0.328 e. The lowest BCUT2D eigenvalue weighted by molar-refractivity contribution is -0.146. The Hall–Kier alpha value is -1.40. The van der Waals surface area contributed by atoms with E-state index in [1.54, 1.807) is 23.8 Å². The quantitative estimate of drug-likeness (QED) is 0.869. The molecule has 1 heterocycles. The van der Waals surface area contributed by atoms with Gasteiger partial charge in [0, 0.05) is 5.38 Å². The number of ether oxygens (including phenoxy) is 1. The van der Waals surface area contributed by atoms with E-state index in [4.69, 9.17) is 4.74 Å². The van der Waals surface area contributed by atoms with Crippen LogP contribution in [0.4, 0.5) is 0 Å². The molecule has 1 aromatic rings. The van der Waals surface area contributed by atoms with Crippen LogP contribution < -0.4 is 5.32 Å². The molecule has 0 saturated carbocycles. The van der Waals surface area contributed by atoms with Crippen LogP contribution in [-0.2, 0) is 9.53 Å². The summed E-state index contributed by atoms with van der Waals surface area (Å²) in [5.74, 6) is -1.52. The van der Waals surface area contributed by atoms with Crippen LogP contribution in [0.3, 0.4) is 0 Å². The number of carboxylic acids is 1. The van der Waals surface area contributed by atoms with Crippen LogP contribution in [0.2, 0.25) is 0 Å². The predicted octanol–water partition coefficient (Wildman–Crippen LogP) is 2.13. The highest BCUT2D eigenvalue weighted by molar-refractivity contribution is 7.08. The standard InChI is InChI=1S/C13H19NO4S/c1-8(18-13(2,3)4)10(12(16)17)14-11(15)9-5-6-19-7-9/h5-8,10H,1-4H3,(H,14,15)(H,16,17)/t8-,10+/m1/s1. The lowest BCUT2D eigenvalue weighted by Crippen LogP contribution is -2.50. The Morgan fingerprint density at radius 2 is 2.05 bits per heavy atom. The number of rotatable bonds is 5. The van der Waals surface area contributed by atoms with Crippen molar-refractivity contribution in [2.75, 3.05) is 0 Å². The number of hydrogen-bond donors (Lipinski definition) is 2. The lowest BCUT2D eigenvalue weighted by atomic mass is 10.1. The highest BCUT2D eigenvalue weighted by atomic mass is 32.1. The van der Waals surface area contributed by atoms with Crippen LogP contribution in [0, 0.1) is 0 Å². The molecule has 0 fully saturated rings. The van der Waals surface area contributed by atoms with Gasteiger partial charge in [-0.3, -0.25) is 4.79 Å². The van der Waals surface area contributed by atoms with Crippen LogP contribution in [0.1, 0.15) is 38.1 Å². The van der Waals surface area contributed by atoms with E-state index in [0.717, 1.165) is 0 Å². The van der Waals surface area contributed by atoms with E-state index >= 15 is 0 Å². The molecule has 0 saturated heterocycles. The molecule has 2 atom stereocenters. The van der Waals surface area contributed by atoms with Crippen LogP contribution in [0.5, 0.6) is 0 Å². The van der Waals surface area contributed by atoms with Crippen molar-refractivity contribution in [3.05, 3.63) is 22.4 Å². The Kier molecular flexibility index (Phi) is 5.08. The summed E-state index contributed by atoms with van der Waals surface area (Å²) in [6, 6.07) is 0.570. The maximum absolute atomic E-state index is 11.9. The zero-order valence-electron chi connectivity index (χ0n) is 11.5. The Balaban J connectivity index is 2.73. The minimum atomic E-state index is -1.11. The summed E-state index contributed by atoms with van der Waals surface area (Å²) in [6.07, 6.45) is -0.625. The highest BCUT2D eigenvalue weighted by Crippen LogP contribution is 2.14. The van der Waals surface area contributed by atoms with E-state index < -0.39 is 29.6 Å². The number of carboxylic acid groups (broad SMARTS) is 1. The molecule has 2 N–H and O–H groups in total. The minimum Gasteiger partial charge on any atom is -0.480 e. The van der Waals surface area contributed by atoms with E-state index in [2.05, 4.69) is 5.32 Å². The highest BCUT2D eigenvalue weighted by Gasteiger charge is 2.30. The SMILES string of the molecule is C[C@@H](OC(C)(C)C)[C@H](NC(=O)c1ccsc1)C(=O)O. The first-order valence-corrected chi connectivity index (χ1v) is 6.88.